The standard InChI is InChI=1S/C21H17F2N3O3S/c1-29-18-9-17-19(8-16(18)12-5-13(22)7-14(23)6-12)30-21(26-17)10-20(28)25-11-15(27)3-2-4-24/h5-9H,2-3,10-11H2,1H3,(H,25,28). The second-order valence-electron chi connectivity index (χ2n) is 6.44. The zero-order valence-electron chi connectivity index (χ0n) is 16.0. The number of ether oxygens (including phenoxy) is 1. The molecule has 3 rings (SSSR count). The van der Waals surface area contributed by atoms with Crippen molar-refractivity contribution in [2.24, 2.45) is 0 Å². The van der Waals surface area contributed by atoms with E-state index < -0.39 is 11.6 Å². The molecular weight excluding hydrogens is 412 g/mol. The van der Waals surface area contributed by atoms with Crippen LogP contribution in [0.1, 0.15) is 17.8 Å². The number of rotatable bonds is 8. The summed E-state index contributed by atoms with van der Waals surface area (Å²) < 4.78 is 33.3. The van der Waals surface area contributed by atoms with Crippen LogP contribution in [0.15, 0.2) is 30.3 Å². The van der Waals surface area contributed by atoms with Gasteiger partial charge in [0.15, 0.2) is 5.78 Å². The Morgan fingerprint density at radius 2 is 1.93 bits per heavy atom. The number of ketones is 1. The van der Waals surface area contributed by atoms with E-state index in [2.05, 4.69) is 10.3 Å². The molecule has 0 unspecified atom stereocenters. The maximum Gasteiger partial charge on any atom is 0.227 e. The number of thiazole rings is 1. The van der Waals surface area contributed by atoms with Crippen LogP contribution in [0.2, 0.25) is 0 Å². The Morgan fingerprint density at radius 3 is 2.60 bits per heavy atom. The number of benzene rings is 2. The first kappa shape index (κ1) is 21.3. The summed E-state index contributed by atoms with van der Waals surface area (Å²) in [5.74, 6) is -1.57. The van der Waals surface area contributed by atoms with E-state index in [0.29, 0.717) is 27.4 Å². The second kappa shape index (κ2) is 9.41. The second-order valence-corrected chi connectivity index (χ2v) is 7.55. The van der Waals surface area contributed by atoms with Crippen LogP contribution in [-0.4, -0.2) is 30.3 Å². The van der Waals surface area contributed by atoms with Gasteiger partial charge >= 0.3 is 0 Å². The van der Waals surface area contributed by atoms with Crippen molar-refractivity contribution in [2.75, 3.05) is 13.7 Å². The molecule has 0 spiro atoms. The number of hydrogen-bond donors (Lipinski definition) is 1. The molecule has 0 radical (unpaired) electrons. The lowest BCUT2D eigenvalue weighted by Crippen LogP contribution is -2.30. The van der Waals surface area contributed by atoms with Crippen LogP contribution in [0, 0.1) is 23.0 Å². The quantitative estimate of drug-likeness (QED) is 0.588. The largest absolute Gasteiger partial charge is 0.496 e. The summed E-state index contributed by atoms with van der Waals surface area (Å²) >= 11 is 1.27. The van der Waals surface area contributed by atoms with Crippen LogP contribution in [0.4, 0.5) is 8.78 Å². The van der Waals surface area contributed by atoms with Crippen molar-refractivity contribution >= 4 is 33.2 Å². The van der Waals surface area contributed by atoms with Gasteiger partial charge in [0.05, 0.1) is 36.4 Å². The van der Waals surface area contributed by atoms with E-state index in [4.69, 9.17) is 10.00 Å². The van der Waals surface area contributed by atoms with E-state index in [1.54, 1.807) is 12.1 Å². The van der Waals surface area contributed by atoms with Gasteiger partial charge in [-0.05, 0) is 23.8 Å². The minimum atomic E-state index is -0.696. The molecule has 1 amide bonds. The van der Waals surface area contributed by atoms with Crippen LogP contribution < -0.4 is 10.1 Å². The summed E-state index contributed by atoms with van der Waals surface area (Å²) in [4.78, 5) is 28.0. The number of nitrogens with zero attached hydrogens (tertiary/aromatic N) is 2. The molecule has 0 aliphatic heterocycles. The molecule has 0 fully saturated rings. The maximum atomic E-state index is 13.6. The van der Waals surface area contributed by atoms with Crippen LogP contribution in [0.5, 0.6) is 5.75 Å². The number of aromatic nitrogens is 1. The van der Waals surface area contributed by atoms with Crippen molar-refractivity contribution in [3.63, 3.8) is 0 Å². The summed E-state index contributed by atoms with van der Waals surface area (Å²) in [5.41, 5.74) is 1.42. The Balaban J connectivity index is 1.80. The Hall–Kier alpha value is -3.38. The zero-order valence-corrected chi connectivity index (χ0v) is 16.8. The third-order valence-electron chi connectivity index (χ3n) is 4.24. The zero-order chi connectivity index (χ0) is 21.7. The number of nitrogens with one attached hydrogen (secondary N) is 1. The van der Waals surface area contributed by atoms with Gasteiger partial charge in [0.25, 0.3) is 0 Å². The van der Waals surface area contributed by atoms with Gasteiger partial charge in [-0.25, -0.2) is 13.8 Å². The van der Waals surface area contributed by atoms with Crippen LogP contribution >= 0.6 is 11.3 Å². The molecule has 0 saturated heterocycles. The van der Waals surface area contributed by atoms with Crippen LogP contribution in [0.25, 0.3) is 21.3 Å². The topological polar surface area (TPSA) is 92.1 Å². The van der Waals surface area contributed by atoms with Crippen molar-refractivity contribution < 1.29 is 23.1 Å². The molecule has 30 heavy (non-hydrogen) atoms. The molecule has 1 heterocycles. The number of fused-ring (bicyclic) bond motifs is 1. The molecule has 2 aromatic carbocycles. The minimum Gasteiger partial charge on any atom is -0.496 e. The maximum absolute atomic E-state index is 13.6. The smallest absolute Gasteiger partial charge is 0.227 e. The van der Waals surface area contributed by atoms with Crippen molar-refractivity contribution in [2.45, 2.75) is 19.3 Å². The van der Waals surface area contributed by atoms with Gasteiger partial charge < -0.3 is 10.1 Å². The first-order valence-corrected chi connectivity index (χ1v) is 9.80. The number of nitriles is 1. The number of carbonyl (C=O) groups is 2. The predicted molar refractivity (Wildman–Crippen MR) is 108 cm³/mol. The van der Waals surface area contributed by atoms with Gasteiger partial charge in [0.1, 0.15) is 22.4 Å². The molecular formula is C21H17F2N3O3S. The van der Waals surface area contributed by atoms with Crippen LogP contribution in [-0.2, 0) is 16.0 Å². The summed E-state index contributed by atoms with van der Waals surface area (Å²) in [6, 6.07) is 8.47. The van der Waals surface area contributed by atoms with Crippen molar-refractivity contribution in [3.05, 3.63) is 47.0 Å². The summed E-state index contributed by atoms with van der Waals surface area (Å²) in [6.07, 6.45) is 0.199. The molecule has 0 aliphatic rings. The lowest BCUT2D eigenvalue weighted by molar-refractivity contribution is -0.124. The minimum absolute atomic E-state index is 0.0167. The average molecular weight is 429 g/mol. The Labute approximate surface area is 175 Å². The molecule has 0 saturated carbocycles. The van der Waals surface area contributed by atoms with Gasteiger partial charge in [-0.1, -0.05) is 0 Å². The van der Waals surface area contributed by atoms with E-state index >= 15 is 0 Å². The van der Waals surface area contributed by atoms with Crippen molar-refractivity contribution in [3.8, 4) is 22.9 Å². The van der Waals surface area contributed by atoms with E-state index in [-0.39, 0.29) is 37.5 Å². The highest BCUT2D eigenvalue weighted by atomic mass is 32.1. The van der Waals surface area contributed by atoms with Gasteiger partial charge in [-0.3, -0.25) is 9.59 Å². The molecule has 6 nitrogen and oxygen atoms in total. The summed E-state index contributed by atoms with van der Waals surface area (Å²) in [7, 11) is 1.45. The SMILES string of the molecule is COc1cc2nc(CC(=O)NCC(=O)CCC#N)sc2cc1-c1cc(F)cc(F)c1. The first-order chi connectivity index (χ1) is 14.4. The number of hydrogen-bond acceptors (Lipinski definition) is 6. The van der Waals surface area contributed by atoms with Crippen LogP contribution in [0.3, 0.4) is 0 Å². The fourth-order valence-corrected chi connectivity index (χ4v) is 3.85. The molecule has 9 heteroatoms. The summed E-state index contributed by atoms with van der Waals surface area (Å²) in [5, 5.41) is 11.5. The predicted octanol–water partition coefficient (Wildman–Crippen LogP) is 3.78. The highest BCUT2D eigenvalue weighted by Gasteiger charge is 2.15. The molecule has 1 aromatic heterocycles. The van der Waals surface area contributed by atoms with Gasteiger partial charge in [-0.2, -0.15) is 5.26 Å². The van der Waals surface area contributed by atoms with Crippen molar-refractivity contribution in [1.82, 2.24) is 10.3 Å². The highest BCUT2D eigenvalue weighted by Crippen LogP contribution is 2.36. The number of Topliss-reactive ketones (excluding diaryl/α,β-unsaturated/α-hetero) is 1. The number of amides is 1. The number of methoxy groups -OCH3 is 1. The Kier molecular flexibility index (Phi) is 6.69. The van der Waals surface area contributed by atoms with Gasteiger partial charge in [0.2, 0.25) is 5.91 Å². The van der Waals surface area contributed by atoms with E-state index in [1.807, 2.05) is 6.07 Å². The third-order valence-corrected chi connectivity index (χ3v) is 5.26. The van der Waals surface area contributed by atoms with E-state index in [0.717, 1.165) is 10.8 Å². The average Bonchev–Trinajstić information content (AvgIpc) is 3.09. The first-order valence-electron chi connectivity index (χ1n) is 8.99. The lowest BCUT2D eigenvalue weighted by atomic mass is 10.0. The molecule has 1 N–H and O–H groups in total. The lowest BCUT2D eigenvalue weighted by Gasteiger charge is -2.09. The van der Waals surface area contributed by atoms with Gasteiger partial charge in [0, 0.05) is 30.5 Å². The molecule has 154 valence electrons. The molecule has 3 aromatic rings. The Morgan fingerprint density at radius 1 is 1.20 bits per heavy atom. The monoisotopic (exact) mass is 429 g/mol. The van der Waals surface area contributed by atoms with Gasteiger partial charge in [-0.15, -0.1) is 11.3 Å². The Bertz CT molecular complexity index is 1130. The van der Waals surface area contributed by atoms with E-state index in [1.165, 1.54) is 30.6 Å². The molecule has 0 bridgehead atoms. The highest BCUT2D eigenvalue weighted by molar-refractivity contribution is 7.18. The summed E-state index contributed by atoms with van der Waals surface area (Å²) in [6.45, 7) is -0.130. The van der Waals surface area contributed by atoms with Crippen molar-refractivity contribution in [1.29, 1.82) is 5.26 Å². The molecule has 0 aliphatic carbocycles. The third kappa shape index (κ3) is 5.15. The number of carbonyl (C=O) groups excluding carboxylic acids is 2. The fourth-order valence-electron chi connectivity index (χ4n) is 2.86. The normalized spacial score (nSPS) is 10.6. The molecule has 0 atom stereocenters. The number of halogens is 2. The van der Waals surface area contributed by atoms with E-state index in [9.17, 15) is 18.4 Å². The fraction of sp³-hybridized carbons (Fsp3) is 0.238.